The molecule has 0 aromatic heterocycles. The van der Waals surface area contributed by atoms with Gasteiger partial charge in [0.25, 0.3) is 0 Å². The first-order valence-electron chi connectivity index (χ1n) is 4.79. The second-order valence-electron chi connectivity index (χ2n) is 2.98. The number of allylic oxidation sites excluding steroid dienone is 1. The summed E-state index contributed by atoms with van der Waals surface area (Å²) < 4.78 is 0. The van der Waals surface area contributed by atoms with Crippen molar-refractivity contribution in [3.05, 3.63) is 12.2 Å². The third-order valence-corrected chi connectivity index (χ3v) is 1.94. The molecule has 76 valence electrons. The molecular weight excluding hydrogens is 164 g/mol. The Morgan fingerprint density at radius 3 is 2.69 bits per heavy atom. The average molecular weight is 184 g/mol. The summed E-state index contributed by atoms with van der Waals surface area (Å²) in [4.78, 5) is 11.5. The Balaban J connectivity index is 3.77. The third kappa shape index (κ3) is 5.42. The van der Waals surface area contributed by atoms with E-state index >= 15 is 0 Å². The van der Waals surface area contributed by atoms with E-state index in [9.17, 15) is 4.79 Å². The van der Waals surface area contributed by atoms with Gasteiger partial charge in [-0.1, -0.05) is 19.1 Å². The summed E-state index contributed by atoms with van der Waals surface area (Å²) in [6.45, 7) is 5.35. The molecule has 0 rings (SSSR count). The summed E-state index contributed by atoms with van der Waals surface area (Å²) in [6.07, 6.45) is 4.74. The maximum absolute atomic E-state index is 11.5. The predicted molar refractivity (Wildman–Crippen MR) is 55.5 cm³/mol. The molecule has 3 heteroatoms. The van der Waals surface area contributed by atoms with E-state index < -0.39 is 0 Å². The molecule has 0 aliphatic carbocycles. The van der Waals surface area contributed by atoms with E-state index in [1.54, 1.807) is 0 Å². The van der Waals surface area contributed by atoms with E-state index in [0.29, 0.717) is 6.54 Å². The van der Waals surface area contributed by atoms with E-state index in [1.165, 1.54) is 0 Å². The van der Waals surface area contributed by atoms with E-state index in [2.05, 4.69) is 10.6 Å². The van der Waals surface area contributed by atoms with Crippen molar-refractivity contribution in [2.75, 3.05) is 20.1 Å². The lowest BCUT2D eigenvalue weighted by atomic mass is 10.1. The van der Waals surface area contributed by atoms with Gasteiger partial charge in [0, 0.05) is 13.1 Å². The molecule has 2 N–H and O–H groups in total. The molecule has 13 heavy (non-hydrogen) atoms. The van der Waals surface area contributed by atoms with Crippen LogP contribution >= 0.6 is 0 Å². The fourth-order valence-electron chi connectivity index (χ4n) is 1.09. The highest BCUT2D eigenvalue weighted by atomic mass is 16.1. The molecule has 0 saturated carbocycles. The number of rotatable bonds is 6. The Labute approximate surface area is 80.6 Å². The minimum Gasteiger partial charge on any atom is -0.352 e. The van der Waals surface area contributed by atoms with Crippen LogP contribution < -0.4 is 10.6 Å². The maximum atomic E-state index is 11.5. The van der Waals surface area contributed by atoms with Crippen LogP contribution in [0.25, 0.3) is 0 Å². The topological polar surface area (TPSA) is 41.1 Å². The number of hydrogen-bond donors (Lipinski definition) is 2. The van der Waals surface area contributed by atoms with Crippen molar-refractivity contribution in [1.29, 1.82) is 0 Å². The van der Waals surface area contributed by atoms with Crippen LogP contribution in [0.4, 0.5) is 0 Å². The second kappa shape index (κ2) is 7.80. The van der Waals surface area contributed by atoms with Crippen LogP contribution in [0.3, 0.4) is 0 Å². The zero-order valence-corrected chi connectivity index (χ0v) is 8.76. The van der Waals surface area contributed by atoms with E-state index in [-0.39, 0.29) is 11.8 Å². The number of amides is 1. The highest BCUT2D eigenvalue weighted by Crippen LogP contribution is 1.99. The molecule has 1 amide bonds. The molecule has 0 bridgehead atoms. The normalized spacial score (nSPS) is 13.2. The number of carbonyl (C=O) groups excluding carboxylic acids is 1. The number of hydrogen-bond acceptors (Lipinski definition) is 2. The Bertz CT molecular complexity index is 166. The van der Waals surface area contributed by atoms with Gasteiger partial charge in [-0.15, -0.1) is 0 Å². The van der Waals surface area contributed by atoms with Crippen molar-refractivity contribution in [2.45, 2.75) is 20.3 Å². The molecule has 0 aliphatic heterocycles. The summed E-state index contributed by atoms with van der Waals surface area (Å²) in [7, 11) is 1.86. The van der Waals surface area contributed by atoms with Gasteiger partial charge in [-0.25, -0.2) is 0 Å². The first-order chi connectivity index (χ1) is 6.26. The lowest BCUT2D eigenvalue weighted by Gasteiger charge is -2.13. The quantitative estimate of drug-likeness (QED) is 0.603. The summed E-state index contributed by atoms with van der Waals surface area (Å²) in [5, 5.41) is 5.86. The van der Waals surface area contributed by atoms with Gasteiger partial charge in [0.1, 0.15) is 0 Å². The highest BCUT2D eigenvalue weighted by molar-refractivity contribution is 5.78. The van der Waals surface area contributed by atoms with Crippen LogP contribution in [0.2, 0.25) is 0 Å². The first-order valence-corrected chi connectivity index (χ1v) is 4.79. The van der Waals surface area contributed by atoms with Crippen molar-refractivity contribution in [3.8, 4) is 0 Å². The first kappa shape index (κ1) is 12.2. The molecule has 0 aromatic rings. The van der Waals surface area contributed by atoms with Crippen LogP contribution in [0.1, 0.15) is 20.3 Å². The van der Waals surface area contributed by atoms with Gasteiger partial charge in [-0.05, 0) is 20.4 Å². The molecule has 3 nitrogen and oxygen atoms in total. The minimum atomic E-state index is 0.0928. The second-order valence-corrected chi connectivity index (χ2v) is 2.98. The average Bonchev–Trinajstić information content (AvgIpc) is 2.14. The fraction of sp³-hybridized carbons (Fsp3) is 0.700. The van der Waals surface area contributed by atoms with Crippen molar-refractivity contribution in [3.63, 3.8) is 0 Å². The monoisotopic (exact) mass is 184 g/mol. The molecular formula is C10H20N2O. The van der Waals surface area contributed by atoms with Crippen molar-refractivity contribution >= 4 is 5.91 Å². The van der Waals surface area contributed by atoms with E-state index in [0.717, 1.165) is 13.0 Å². The smallest absolute Gasteiger partial charge is 0.224 e. The van der Waals surface area contributed by atoms with Crippen LogP contribution in [-0.4, -0.2) is 26.0 Å². The molecule has 1 atom stereocenters. The van der Waals surface area contributed by atoms with Gasteiger partial charge in [-0.3, -0.25) is 4.79 Å². The summed E-state index contributed by atoms with van der Waals surface area (Å²) >= 11 is 0. The lowest BCUT2D eigenvalue weighted by Crippen LogP contribution is -2.35. The lowest BCUT2D eigenvalue weighted by molar-refractivity contribution is -0.124. The van der Waals surface area contributed by atoms with Gasteiger partial charge in [0.05, 0.1) is 5.92 Å². The Kier molecular flexibility index (Phi) is 7.30. The van der Waals surface area contributed by atoms with Crippen molar-refractivity contribution < 1.29 is 4.79 Å². The van der Waals surface area contributed by atoms with Crippen LogP contribution in [-0.2, 0) is 4.79 Å². The summed E-state index contributed by atoms with van der Waals surface area (Å²) in [5.41, 5.74) is 0. The van der Waals surface area contributed by atoms with E-state index in [1.807, 2.05) is 33.0 Å². The standard InChI is InChI=1S/C10H20N2O/c1-4-6-7-12-10(13)9(5-2)8-11-3/h4,6,9,11H,5,7-8H2,1-3H3,(H,12,13)/b6-4+. The molecule has 0 fully saturated rings. The van der Waals surface area contributed by atoms with Gasteiger partial charge >= 0.3 is 0 Å². The zero-order chi connectivity index (χ0) is 10.1. The van der Waals surface area contributed by atoms with Gasteiger partial charge < -0.3 is 10.6 Å². The largest absolute Gasteiger partial charge is 0.352 e. The Morgan fingerprint density at radius 2 is 2.23 bits per heavy atom. The number of nitrogens with one attached hydrogen (secondary N) is 2. The molecule has 0 heterocycles. The predicted octanol–water partition coefficient (Wildman–Crippen LogP) is 0.924. The van der Waals surface area contributed by atoms with Gasteiger partial charge in [0.2, 0.25) is 5.91 Å². The van der Waals surface area contributed by atoms with E-state index in [4.69, 9.17) is 0 Å². The highest BCUT2D eigenvalue weighted by Gasteiger charge is 2.13. The SMILES string of the molecule is C/C=C/CNC(=O)C(CC)CNC. The minimum absolute atomic E-state index is 0.0928. The molecule has 0 spiro atoms. The maximum Gasteiger partial charge on any atom is 0.224 e. The molecule has 0 radical (unpaired) electrons. The summed E-state index contributed by atoms with van der Waals surface area (Å²) in [6, 6.07) is 0. The molecule has 0 saturated heterocycles. The van der Waals surface area contributed by atoms with Crippen molar-refractivity contribution in [2.24, 2.45) is 5.92 Å². The van der Waals surface area contributed by atoms with Gasteiger partial charge in [-0.2, -0.15) is 0 Å². The molecule has 0 aliphatic rings. The third-order valence-electron chi connectivity index (χ3n) is 1.94. The zero-order valence-electron chi connectivity index (χ0n) is 8.76. The van der Waals surface area contributed by atoms with Gasteiger partial charge in [0.15, 0.2) is 0 Å². The molecule has 1 unspecified atom stereocenters. The Hall–Kier alpha value is -0.830. The van der Waals surface area contributed by atoms with Crippen molar-refractivity contribution in [1.82, 2.24) is 10.6 Å². The summed E-state index contributed by atoms with van der Waals surface area (Å²) in [5.74, 6) is 0.227. The van der Waals surface area contributed by atoms with Crippen LogP contribution in [0.5, 0.6) is 0 Å². The molecule has 0 aromatic carbocycles. The van der Waals surface area contributed by atoms with Crippen LogP contribution in [0, 0.1) is 5.92 Å². The Morgan fingerprint density at radius 1 is 1.54 bits per heavy atom. The number of carbonyl (C=O) groups is 1. The fourth-order valence-corrected chi connectivity index (χ4v) is 1.09. The van der Waals surface area contributed by atoms with Crippen LogP contribution in [0.15, 0.2) is 12.2 Å².